The van der Waals surface area contributed by atoms with E-state index in [1.54, 1.807) is 10.4 Å². The topological polar surface area (TPSA) is 15.3 Å². The lowest BCUT2D eigenvalue weighted by Crippen LogP contribution is -2.46. The molecule has 1 atom stereocenters. The van der Waals surface area contributed by atoms with Gasteiger partial charge >= 0.3 is 0 Å². The predicted octanol–water partition coefficient (Wildman–Crippen LogP) is 4.47. The highest BCUT2D eigenvalue weighted by molar-refractivity contribution is 7.10. The van der Waals surface area contributed by atoms with Crippen LogP contribution in [0.15, 0.2) is 11.4 Å². The average molecular weight is 309 g/mol. The van der Waals surface area contributed by atoms with Crippen LogP contribution in [0.2, 0.25) is 0 Å². The first-order valence-corrected chi connectivity index (χ1v) is 9.54. The van der Waals surface area contributed by atoms with Gasteiger partial charge in [0.25, 0.3) is 0 Å². The van der Waals surface area contributed by atoms with Gasteiger partial charge in [0.05, 0.1) is 0 Å². The van der Waals surface area contributed by atoms with Crippen LogP contribution in [0.5, 0.6) is 0 Å². The summed E-state index contributed by atoms with van der Waals surface area (Å²) in [6.07, 6.45) is 4.99. The molecule has 21 heavy (non-hydrogen) atoms. The fourth-order valence-electron chi connectivity index (χ4n) is 3.52. The van der Waals surface area contributed by atoms with Gasteiger partial charge in [0.2, 0.25) is 0 Å². The normalized spacial score (nSPS) is 19.7. The van der Waals surface area contributed by atoms with E-state index in [0.29, 0.717) is 11.5 Å². The smallest absolute Gasteiger partial charge is 0.0331 e. The van der Waals surface area contributed by atoms with Gasteiger partial charge in [-0.3, -0.25) is 4.90 Å². The van der Waals surface area contributed by atoms with Crippen LogP contribution >= 0.6 is 11.3 Å². The van der Waals surface area contributed by atoms with Crippen molar-refractivity contribution in [3.8, 4) is 0 Å². The molecule has 0 amide bonds. The van der Waals surface area contributed by atoms with Crippen LogP contribution in [0, 0.1) is 5.41 Å². The second kappa shape index (κ2) is 7.75. The summed E-state index contributed by atoms with van der Waals surface area (Å²) in [5, 5.41) is 5.94. The van der Waals surface area contributed by atoms with E-state index >= 15 is 0 Å². The zero-order valence-electron chi connectivity index (χ0n) is 14.2. The highest BCUT2D eigenvalue weighted by atomic mass is 32.1. The lowest BCUT2D eigenvalue weighted by atomic mass is 9.80. The van der Waals surface area contributed by atoms with Crippen molar-refractivity contribution in [1.82, 2.24) is 10.2 Å². The third-order valence-corrected chi connectivity index (χ3v) is 6.37. The Morgan fingerprint density at radius 3 is 2.76 bits per heavy atom. The van der Waals surface area contributed by atoms with Gasteiger partial charge in [-0.25, -0.2) is 0 Å². The summed E-state index contributed by atoms with van der Waals surface area (Å²) in [5.41, 5.74) is 2.01. The predicted molar refractivity (Wildman–Crippen MR) is 94.2 cm³/mol. The van der Waals surface area contributed by atoms with Gasteiger partial charge < -0.3 is 5.32 Å². The molecule has 0 aliphatic carbocycles. The molecule has 2 rings (SSSR count). The van der Waals surface area contributed by atoms with E-state index in [1.165, 1.54) is 38.8 Å². The van der Waals surface area contributed by atoms with Crippen molar-refractivity contribution in [2.24, 2.45) is 5.41 Å². The van der Waals surface area contributed by atoms with Crippen molar-refractivity contribution in [2.75, 3.05) is 26.2 Å². The molecule has 120 valence electrons. The Morgan fingerprint density at radius 2 is 2.10 bits per heavy atom. The zero-order chi connectivity index (χ0) is 15.3. The highest BCUT2D eigenvalue weighted by Crippen LogP contribution is 2.36. The third-order valence-electron chi connectivity index (χ3n) is 5.37. The molecule has 2 nitrogen and oxygen atoms in total. The van der Waals surface area contributed by atoms with Crippen molar-refractivity contribution in [1.29, 1.82) is 0 Å². The molecule has 0 spiro atoms. The molecule has 3 heteroatoms. The van der Waals surface area contributed by atoms with Crippen molar-refractivity contribution in [3.63, 3.8) is 0 Å². The van der Waals surface area contributed by atoms with Crippen LogP contribution in [-0.4, -0.2) is 31.1 Å². The van der Waals surface area contributed by atoms with Gasteiger partial charge in [0, 0.05) is 30.6 Å². The van der Waals surface area contributed by atoms with E-state index < -0.39 is 0 Å². The summed E-state index contributed by atoms with van der Waals surface area (Å²) in [7, 11) is 0. The minimum Gasteiger partial charge on any atom is -0.316 e. The molecule has 1 aromatic heterocycles. The summed E-state index contributed by atoms with van der Waals surface area (Å²) < 4.78 is 0. The summed E-state index contributed by atoms with van der Waals surface area (Å²) in [6, 6.07) is 2.93. The first kappa shape index (κ1) is 17.0. The number of thiophene rings is 1. The first-order valence-electron chi connectivity index (χ1n) is 8.66. The van der Waals surface area contributed by atoms with E-state index in [0.717, 1.165) is 13.1 Å². The molecule has 0 aromatic carbocycles. The Hall–Kier alpha value is -0.380. The van der Waals surface area contributed by atoms with Gasteiger partial charge in [-0.2, -0.15) is 0 Å². The van der Waals surface area contributed by atoms with E-state index in [9.17, 15) is 0 Å². The van der Waals surface area contributed by atoms with Crippen LogP contribution in [-0.2, 0) is 6.42 Å². The maximum absolute atomic E-state index is 3.67. The van der Waals surface area contributed by atoms with Crippen molar-refractivity contribution >= 4 is 11.3 Å². The number of hydrogen-bond donors (Lipinski definition) is 1. The van der Waals surface area contributed by atoms with Crippen LogP contribution < -0.4 is 5.32 Å². The summed E-state index contributed by atoms with van der Waals surface area (Å²) in [4.78, 5) is 4.33. The quantitative estimate of drug-likeness (QED) is 0.713. The van der Waals surface area contributed by atoms with Gasteiger partial charge in [-0.05, 0) is 61.6 Å². The van der Waals surface area contributed by atoms with E-state index in [-0.39, 0.29) is 0 Å². The Morgan fingerprint density at radius 1 is 1.33 bits per heavy atom. The van der Waals surface area contributed by atoms with Gasteiger partial charge in [-0.1, -0.05) is 20.8 Å². The molecular formula is C18H32N2S. The van der Waals surface area contributed by atoms with Crippen molar-refractivity contribution in [3.05, 3.63) is 21.9 Å². The second-order valence-electron chi connectivity index (χ2n) is 6.58. The van der Waals surface area contributed by atoms with Crippen LogP contribution in [0.4, 0.5) is 0 Å². The fraction of sp³-hybridized carbons (Fsp3) is 0.778. The molecule has 2 heterocycles. The van der Waals surface area contributed by atoms with E-state index in [2.05, 4.69) is 49.4 Å². The minimum atomic E-state index is 0.428. The van der Waals surface area contributed by atoms with Gasteiger partial charge in [0.15, 0.2) is 0 Å². The molecule has 0 fully saturated rings. The zero-order valence-corrected chi connectivity index (χ0v) is 15.1. The Kier molecular flexibility index (Phi) is 6.27. The molecule has 1 unspecified atom stereocenters. The molecule has 0 saturated heterocycles. The lowest BCUT2D eigenvalue weighted by Gasteiger charge is -2.42. The number of nitrogens with one attached hydrogen (secondary N) is 1. The van der Waals surface area contributed by atoms with E-state index in [4.69, 9.17) is 0 Å². The van der Waals surface area contributed by atoms with Crippen LogP contribution in [0.25, 0.3) is 0 Å². The van der Waals surface area contributed by atoms with Crippen LogP contribution in [0.3, 0.4) is 0 Å². The molecular weight excluding hydrogens is 276 g/mol. The molecule has 0 bridgehead atoms. The Labute approximate surface area is 134 Å². The standard InChI is InChI=1S/C18H32N2S/c1-5-10-19-13-18(6-2,7-3)14-20-11-8-17-16(15(20)4)9-12-21-17/h9,12,15,19H,5-8,10-11,13-14H2,1-4H3. The highest BCUT2D eigenvalue weighted by Gasteiger charge is 2.33. The van der Waals surface area contributed by atoms with Crippen LogP contribution in [0.1, 0.15) is 63.4 Å². The molecule has 1 aliphatic rings. The van der Waals surface area contributed by atoms with Gasteiger partial charge in [-0.15, -0.1) is 11.3 Å². The maximum Gasteiger partial charge on any atom is 0.0331 e. The lowest BCUT2D eigenvalue weighted by molar-refractivity contribution is 0.0985. The monoisotopic (exact) mass is 308 g/mol. The fourth-order valence-corrected chi connectivity index (χ4v) is 4.48. The molecule has 0 saturated carbocycles. The molecule has 0 radical (unpaired) electrons. The van der Waals surface area contributed by atoms with E-state index in [1.807, 2.05) is 11.3 Å². The number of nitrogens with zero attached hydrogens (tertiary/aromatic N) is 1. The maximum atomic E-state index is 3.67. The number of hydrogen-bond acceptors (Lipinski definition) is 3. The van der Waals surface area contributed by atoms with Crippen molar-refractivity contribution in [2.45, 2.75) is 59.4 Å². The largest absolute Gasteiger partial charge is 0.316 e. The van der Waals surface area contributed by atoms with Gasteiger partial charge in [0.1, 0.15) is 0 Å². The Bertz CT molecular complexity index is 423. The number of fused-ring (bicyclic) bond motifs is 1. The molecule has 1 aliphatic heterocycles. The molecule has 1 aromatic rings. The SMILES string of the molecule is CCCNCC(CC)(CC)CN1CCc2sccc2C1C. The second-order valence-corrected chi connectivity index (χ2v) is 7.58. The Balaban J connectivity index is 2.03. The third kappa shape index (κ3) is 3.88. The molecule has 1 N–H and O–H groups in total. The minimum absolute atomic E-state index is 0.428. The average Bonchev–Trinajstić information content (AvgIpc) is 2.98. The summed E-state index contributed by atoms with van der Waals surface area (Å²) in [5.74, 6) is 0. The summed E-state index contributed by atoms with van der Waals surface area (Å²) >= 11 is 1.94. The number of rotatable bonds is 8. The van der Waals surface area contributed by atoms with Crippen molar-refractivity contribution < 1.29 is 0 Å². The summed E-state index contributed by atoms with van der Waals surface area (Å²) in [6.45, 7) is 14.1. The first-order chi connectivity index (χ1) is 10.2.